The third-order valence-electron chi connectivity index (χ3n) is 0.700. The number of nitrogens with two attached hydrogens (primary N) is 1. The lowest BCUT2D eigenvalue weighted by atomic mass is 10.1. The van der Waals surface area contributed by atoms with Crippen LogP contribution in [-0.4, -0.2) is 28.1 Å². The number of aliphatic carboxylic acids is 1. The van der Waals surface area contributed by atoms with Crippen LogP contribution in [0.25, 0.3) is 0 Å². The number of carbonyl (C=O) groups is 1. The molecule has 0 radical (unpaired) electrons. The minimum Gasteiger partial charge on any atom is -0.481 e. The molecule has 60 valence electrons. The Morgan fingerprint density at radius 3 is 2.50 bits per heavy atom. The lowest BCUT2D eigenvalue weighted by molar-refractivity contribution is -0.133. The fraction of sp³-hybridized carbons (Fsp3) is 0.833. The lowest BCUT2D eigenvalue weighted by Crippen LogP contribution is -2.35. The topological polar surface area (TPSA) is 63.3 Å². The molecule has 0 aromatic carbocycles. The summed E-state index contributed by atoms with van der Waals surface area (Å²) >= 11 is 1.34. The van der Waals surface area contributed by atoms with Gasteiger partial charge >= 0.3 is 5.97 Å². The van der Waals surface area contributed by atoms with Gasteiger partial charge in [0, 0.05) is 11.3 Å². The first kappa shape index (κ1) is 9.78. The van der Waals surface area contributed by atoms with Crippen molar-refractivity contribution in [1.82, 2.24) is 0 Å². The van der Waals surface area contributed by atoms with E-state index in [1.54, 1.807) is 0 Å². The van der Waals surface area contributed by atoms with Gasteiger partial charge in [0.05, 0.1) is 5.75 Å². The van der Waals surface area contributed by atoms with Crippen molar-refractivity contribution < 1.29 is 9.90 Å². The van der Waals surface area contributed by atoms with Crippen LogP contribution in [0.4, 0.5) is 0 Å². The fourth-order valence-electron chi connectivity index (χ4n) is 0.401. The first-order valence-corrected chi connectivity index (χ1v) is 4.16. The molecular formula is C6H13NO2S. The molecule has 0 saturated carbocycles. The van der Waals surface area contributed by atoms with Gasteiger partial charge in [0.1, 0.15) is 0 Å². The zero-order valence-electron chi connectivity index (χ0n) is 6.26. The highest BCUT2D eigenvalue weighted by molar-refractivity contribution is 8.00. The number of carboxylic acids is 1. The fourth-order valence-corrected chi connectivity index (χ4v) is 1.20. The van der Waals surface area contributed by atoms with E-state index < -0.39 is 5.97 Å². The first-order valence-electron chi connectivity index (χ1n) is 3.00. The molecule has 4 heteroatoms. The molecule has 0 spiro atoms. The Labute approximate surface area is 65.0 Å². The SMILES string of the molecule is CC(C)(N)CSCC(=O)O. The average molecular weight is 163 g/mol. The highest BCUT2D eigenvalue weighted by Gasteiger charge is 2.10. The van der Waals surface area contributed by atoms with Crippen LogP contribution in [-0.2, 0) is 4.79 Å². The Kier molecular flexibility index (Phi) is 3.75. The van der Waals surface area contributed by atoms with Crippen molar-refractivity contribution in [3.8, 4) is 0 Å². The molecule has 0 bridgehead atoms. The smallest absolute Gasteiger partial charge is 0.313 e. The van der Waals surface area contributed by atoms with Gasteiger partial charge in [-0.1, -0.05) is 0 Å². The zero-order valence-corrected chi connectivity index (χ0v) is 7.07. The molecule has 0 saturated heterocycles. The Balaban J connectivity index is 3.29. The lowest BCUT2D eigenvalue weighted by Gasteiger charge is -2.16. The number of carboxylic acid groups (broad SMARTS) is 1. The van der Waals surface area contributed by atoms with Gasteiger partial charge in [0.15, 0.2) is 0 Å². The largest absolute Gasteiger partial charge is 0.481 e. The monoisotopic (exact) mass is 163 g/mol. The van der Waals surface area contributed by atoms with Crippen LogP contribution in [0, 0.1) is 0 Å². The normalized spacial score (nSPS) is 11.5. The summed E-state index contributed by atoms with van der Waals surface area (Å²) in [7, 11) is 0. The maximum atomic E-state index is 10.0. The van der Waals surface area contributed by atoms with E-state index in [2.05, 4.69) is 0 Å². The number of thioether (sulfide) groups is 1. The third-order valence-corrected chi connectivity index (χ3v) is 2.10. The highest BCUT2D eigenvalue weighted by atomic mass is 32.2. The summed E-state index contributed by atoms with van der Waals surface area (Å²) in [4.78, 5) is 10.0. The molecule has 0 aromatic rings. The van der Waals surface area contributed by atoms with Gasteiger partial charge in [0.2, 0.25) is 0 Å². The zero-order chi connectivity index (χ0) is 8.20. The van der Waals surface area contributed by atoms with E-state index in [9.17, 15) is 4.79 Å². The van der Waals surface area contributed by atoms with Crippen LogP contribution in [0.3, 0.4) is 0 Å². The Morgan fingerprint density at radius 2 is 2.20 bits per heavy atom. The standard InChI is InChI=1S/C6H13NO2S/c1-6(2,7)4-10-3-5(8)9/h3-4,7H2,1-2H3,(H,8,9). The molecule has 0 heterocycles. The number of hydrogen-bond acceptors (Lipinski definition) is 3. The van der Waals surface area contributed by atoms with Crippen molar-refractivity contribution in [2.75, 3.05) is 11.5 Å². The van der Waals surface area contributed by atoms with Gasteiger partial charge < -0.3 is 10.8 Å². The van der Waals surface area contributed by atoms with E-state index in [1.165, 1.54) is 11.8 Å². The summed E-state index contributed by atoms with van der Waals surface area (Å²) in [6, 6.07) is 0. The van der Waals surface area contributed by atoms with E-state index in [1.807, 2.05) is 13.8 Å². The molecule has 3 N–H and O–H groups in total. The summed E-state index contributed by atoms with van der Waals surface area (Å²) < 4.78 is 0. The molecule has 0 amide bonds. The van der Waals surface area contributed by atoms with Crippen molar-refractivity contribution in [3.63, 3.8) is 0 Å². The Hall–Kier alpha value is -0.220. The quantitative estimate of drug-likeness (QED) is 0.635. The van der Waals surface area contributed by atoms with Gasteiger partial charge in [-0.25, -0.2) is 0 Å². The molecule has 0 aromatic heterocycles. The third kappa shape index (κ3) is 7.78. The summed E-state index contributed by atoms with van der Waals surface area (Å²) in [5.74, 6) is 0.0363. The van der Waals surface area contributed by atoms with Crippen LogP contribution in [0.2, 0.25) is 0 Å². The summed E-state index contributed by atoms with van der Waals surface area (Å²) in [5.41, 5.74) is 5.34. The van der Waals surface area contributed by atoms with E-state index in [-0.39, 0.29) is 11.3 Å². The molecule has 0 aliphatic rings. The van der Waals surface area contributed by atoms with Crippen molar-refractivity contribution in [2.24, 2.45) is 5.73 Å². The van der Waals surface area contributed by atoms with Crippen molar-refractivity contribution in [3.05, 3.63) is 0 Å². The molecule has 0 rings (SSSR count). The van der Waals surface area contributed by atoms with E-state index >= 15 is 0 Å². The molecule has 0 aliphatic carbocycles. The Morgan fingerprint density at radius 1 is 1.70 bits per heavy atom. The van der Waals surface area contributed by atoms with Crippen molar-refractivity contribution in [2.45, 2.75) is 19.4 Å². The average Bonchev–Trinajstić information content (AvgIpc) is 1.59. The minimum absolute atomic E-state index is 0.140. The van der Waals surface area contributed by atoms with Crippen LogP contribution in [0.5, 0.6) is 0 Å². The molecule has 0 unspecified atom stereocenters. The van der Waals surface area contributed by atoms with Gasteiger partial charge in [-0.3, -0.25) is 4.79 Å². The second-order valence-corrected chi connectivity index (χ2v) is 3.86. The number of rotatable bonds is 4. The van der Waals surface area contributed by atoms with E-state index in [0.29, 0.717) is 5.75 Å². The van der Waals surface area contributed by atoms with E-state index in [4.69, 9.17) is 10.8 Å². The van der Waals surface area contributed by atoms with Crippen molar-refractivity contribution in [1.29, 1.82) is 0 Å². The summed E-state index contributed by atoms with van der Waals surface area (Å²) in [6.45, 7) is 3.75. The van der Waals surface area contributed by atoms with Crippen LogP contribution in [0.1, 0.15) is 13.8 Å². The molecule has 0 atom stereocenters. The van der Waals surface area contributed by atoms with Crippen LogP contribution < -0.4 is 5.73 Å². The predicted octanol–water partition coefficient (Wildman–Crippen LogP) is 0.542. The maximum absolute atomic E-state index is 10.0. The van der Waals surface area contributed by atoms with Crippen LogP contribution >= 0.6 is 11.8 Å². The summed E-state index contributed by atoms with van der Waals surface area (Å²) in [5, 5.41) is 8.25. The van der Waals surface area contributed by atoms with E-state index in [0.717, 1.165) is 0 Å². The summed E-state index contributed by atoms with van der Waals surface area (Å²) in [6.07, 6.45) is 0. The minimum atomic E-state index is -0.783. The van der Waals surface area contributed by atoms with Gasteiger partial charge in [-0.15, -0.1) is 11.8 Å². The molecule has 10 heavy (non-hydrogen) atoms. The maximum Gasteiger partial charge on any atom is 0.313 e. The first-order chi connectivity index (χ1) is 4.42. The Bertz CT molecular complexity index is 119. The molecule has 0 fully saturated rings. The molecule has 3 nitrogen and oxygen atoms in total. The second kappa shape index (κ2) is 3.83. The van der Waals surface area contributed by atoms with Gasteiger partial charge in [0.25, 0.3) is 0 Å². The second-order valence-electron chi connectivity index (χ2n) is 2.88. The van der Waals surface area contributed by atoms with Gasteiger partial charge in [-0.05, 0) is 13.8 Å². The highest BCUT2D eigenvalue weighted by Crippen LogP contribution is 2.08. The van der Waals surface area contributed by atoms with Crippen LogP contribution in [0.15, 0.2) is 0 Å². The van der Waals surface area contributed by atoms with Gasteiger partial charge in [-0.2, -0.15) is 0 Å². The predicted molar refractivity (Wildman–Crippen MR) is 43.2 cm³/mol. The van der Waals surface area contributed by atoms with Crippen molar-refractivity contribution >= 4 is 17.7 Å². The molecule has 0 aliphatic heterocycles. The molecular weight excluding hydrogens is 150 g/mol. The number of hydrogen-bond donors (Lipinski definition) is 2.